The van der Waals surface area contributed by atoms with Crippen molar-refractivity contribution in [3.63, 3.8) is 0 Å². The summed E-state index contributed by atoms with van der Waals surface area (Å²) < 4.78 is 14.1. The zero-order chi connectivity index (χ0) is 23.3. The van der Waals surface area contributed by atoms with E-state index in [-0.39, 0.29) is 5.82 Å². The number of benzene rings is 1. The molecule has 0 bridgehead atoms. The molecule has 6 nitrogen and oxygen atoms in total. The van der Waals surface area contributed by atoms with Crippen LogP contribution in [0, 0.1) is 5.82 Å². The van der Waals surface area contributed by atoms with Gasteiger partial charge in [-0.25, -0.2) is 9.38 Å². The van der Waals surface area contributed by atoms with E-state index in [1.807, 2.05) is 6.92 Å². The van der Waals surface area contributed by atoms with Crippen molar-refractivity contribution in [3.05, 3.63) is 58.3 Å². The summed E-state index contributed by atoms with van der Waals surface area (Å²) in [6.45, 7) is 11.7. The molecule has 32 heavy (non-hydrogen) atoms. The molecular weight excluding hydrogens is 427 g/mol. The molecular formula is C24H36ClFN6. The summed E-state index contributed by atoms with van der Waals surface area (Å²) in [4.78, 5) is 11.8. The van der Waals surface area contributed by atoms with Crippen molar-refractivity contribution in [1.29, 1.82) is 0 Å². The van der Waals surface area contributed by atoms with E-state index >= 15 is 0 Å². The lowest BCUT2D eigenvalue weighted by Gasteiger charge is -2.47. The van der Waals surface area contributed by atoms with Gasteiger partial charge >= 0.3 is 0 Å². The van der Waals surface area contributed by atoms with Crippen molar-refractivity contribution in [2.24, 2.45) is 16.5 Å². The van der Waals surface area contributed by atoms with E-state index in [9.17, 15) is 4.39 Å². The summed E-state index contributed by atoms with van der Waals surface area (Å²) in [6, 6.07) is 5.98. The molecule has 8 heteroatoms. The maximum atomic E-state index is 14.1. The molecule has 0 aliphatic carbocycles. The van der Waals surface area contributed by atoms with Crippen LogP contribution in [-0.4, -0.2) is 65.3 Å². The van der Waals surface area contributed by atoms with Crippen LogP contribution in [0.25, 0.3) is 0 Å². The molecule has 0 amide bonds. The second-order valence-corrected chi connectivity index (χ2v) is 9.41. The Balaban J connectivity index is 1.49. The Labute approximate surface area is 196 Å². The molecule has 2 aliphatic rings. The highest BCUT2D eigenvalue weighted by molar-refractivity contribution is 6.30. The molecule has 0 aromatic heterocycles. The lowest BCUT2D eigenvalue weighted by molar-refractivity contribution is 0.0397. The van der Waals surface area contributed by atoms with Crippen molar-refractivity contribution < 1.29 is 4.39 Å². The first-order valence-corrected chi connectivity index (χ1v) is 11.7. The fourth-order valence-electron chi connectivity index (χ4n) is 4.66. The van der Waals surface area contributed by atoms with Gasteiger partial charge in [-0.3, -0.25) is 9.80 Å². The molecule has 1 unspecified atom stereocenters. The van der Waals surface area contributed by atoms with Gasteiger partial charge in [0.05, 0.1) is 11.9 Å². The third-order valence-corrected chi connectivity index (χ3v) is 6.60. The van der Waals surface area contributed by atoms with Crippen LogP contribution in [0.3, 0.4) is 0 Å². The molecule has 3 rings (SSSR count). The molecule has 4 N–H and O–H groups in total. The Morgan fingerprint density at radius 2 is 1.91 bits per heavy atom. The lowest BCUT2D eigenvalue weighted by atomic mass is 9.99. The largest absolute Gasteiger partial charge is 0.402 e. The average Bonchev–Trinajstić information content (AvgIpc) is 2.74. The van der Waals surface area contributed by atoms with Gasteiger partial charge in [-0.05, 0) is 64.9 Å². The van der Waals surface area contributed by atoms with Gasteiger partial charge < -0.3 is 16.4 Å². The SMILES string of the molecule is CC(=N/C=C(N)\C=C(/C)N)N1CCN(C2CCN(Cc3ccc(Cl)cc3F)CC2)C(C)C1. The van der Waals surface area contributed by atoms with E-state index < -0.39 is 0 Å². The summed E-state index contributed by atoms with van der Waals surface area (Å²) in [6.07, 6.45) is 5.60. The van der Waals surface area contributed by atoms with Gasteiger partial charge in [0.15, 0.2) is 0 Å². The summed E-state index contributed by atoms with van der Waals surface area (Å²) in [5, 5.41) is 0.445. The van der Waals surface area contributed by atoms with Crippen LogP contribution < -0.4 is 11.5 Å². The van der Waals surface area contributed by atoms with Crippen LogP contribution in [0.1, 0.15) is 39.2 Å². The highest BCUT2D eigenvalue weighted by atomic mass is 35.5. The highest BCUT2D eigenvalue weighted by Gasteiger charge is 2.32. The number of aliphatic imine (C=N–C) groups is 1. The van der Waals surface area contributed by atoms with E-state index in [1.165, 1.54) is 6.07 Å². The van der Waals surface area contributed by atoms with Gasteiger partial charge in [-0.2, -0.15) is 0 Å². The Morgan fingerprint density at radius 3 is 2.53 bits per heavy atom. The van der Waals surface area contributed by atoms with Crippen LogP contribution in [0.5, 0.6) is 0 Å². The van der Waals surface area contributed by atoms with E-state index in [1.54, 1.807) is 31.3 Å². The van der Waals surface area contributed by atoms with Crippen LogP contribution >= 0.6 is 11.6 Å². The molecule has 1 aromatic rings. The second kappa shape index (κ2) is 11.2. The topological polar surface area (TPSA) is 74.1 Å². The maximum Gasteiger partial charge on any atom is 0.129 e. The van der Waals surface area contributed by atoms with Gasteiger partial charge in [0.2, 0.25) is 0 Å². The fourth-order valence-corrected chi connectivity index (χ4v) is 4.82. The summed E-state index contributed by atoms with van der Waals surface area (Å²) >= 11 is 5.87. The smallest absolute Gasteiger partial charge is 0.129 e. The number of piperidine rings is 1. The van der Waals surface area contributed by atoms with Crippen molar-refractivity contribution in [2.75, 3.05) is 32.7 Å². The molecule has 1 aromatic carbocycles. The molecule has 2 fully saturated rings. The Kier molecular flexibility index (Phi) is 8.57. The second-order valence-electron chi connectivity index (χ2n) is 8.97. The average molecular weight is 463 g/mol. The number of hydrogen-bond acceptors (Lipinski definition) is 5. The minimum Gasteiger partial charge on any atom is -0.402 e. The third kappa shape index (κ3) is 6.70. The fraction of sp³-hybridized carbons (Fsp3) is 0.542. The van der Waals surface area contributed by atoms with E-state index in [2.05, 4.69) is 26.6 Å². The molecule has 0 radical (unpaired) electrons. The standard InChI is InChI=1S/C24H36ClFN6/c1-17(27)12-22(28)14-29-19(3)31-10-11-32(18(2)15-31)23-6-8-30(9-7-23)16-20-4-5-21(25)13-24(20)26/h4-5,12-14,18,23H,6-11,15-16,27-28H2,1-3H3/b17-12+,22-14+,29-19?. The number of nitrogens with two attached hydrogens (primary N) is 2. The molecule has 0 saturated carbocycles. The van der Waals surface area contributed by atoms with Gasteiger partial charge in [0.25, 0.3) is 0 Å². The summed E-state index contributed by atoms with van der Waals surface area (Å²) in [5.41, 5.74) is 13.5. The van der Waals surface area contributed by atoms with E-state index in [4.69, 9.17) is 23.1 Å². The van der Waals surface area contributed by atoms with Gasteiger partial charge in [-0.15, -0.1) is 0 Å². The molecule has 1 atom stereocenters. The molecule has 2 aliphatic heterocycles. The van der Waals surface area contributed by atoms with Gasteiger partial charge in [0, 0.05) is 54.5 Å². The first kappa shape index (κ1) is 24.6. The predicted octanol–water partition coefficient (Wildman–Crippen LogP) is 3.53. The molecule has 2 saturated heterocycles. The molecule has 0 spiro atoms. The van der Waals surface area contributed by atoms with E-state index in [0.29, 0.717) is 35.0 Å². The Bertz CT molecular complexity index is 871. The Hall–Kier alpha value is -2.09. The van der Waals surface area contributed by atoms with E-state index in [0.717, 1.165) is 57.0 Å². The van der Waals surface area contributed by atoms with Crippen molar-refractivity contribution in [2.45, 2.75) is 52.2 Å². The van der Waals surface area contributed by atoms with Crippen LogP contribution in [-0.2, 0) is 6.54 Å². The zero-order valence-corrected chi connectivity index (χ0v) is 20.2. The first-order chi connectivity index (χ1) is 15.2. The number of nitrogens with zero attached hydrogens (tertiary/aromatic N) is 4. The molecule has 2 heterocycles. The number of rotatable bonds is 5. The van der Waals surface area contributed by atoms with Crippen molar-refractivity contribution >= 4 is 17.4 Å². The summed E-state index contributed by atoms with van der Waals surface area (Å²) in [7, 11) is 0. The van der Waals surface area contributed by atoms with Crippen LogP contribution in [0.15, 0.2) is 46.9 Å². The number of piperazine rings is 1. The van der Waals surface area contributed by atoms with Gasteiger partial charge in [0.1, 0.15) is 11.7 Å². The quantitative estimate of drug-likeness (QED) is 0.398. The molecule has 176 valence electrons. The zero-order valence-electron chi connectivity index (χ0n) is 19.4. The Morgan fingerprint density at radius 1 is 1.19 bits per heavy atom. The van der Waals surface area contributed by atoms with Crippen molar-refractivity contribution in [1.82, 2.24) is 14.7 Å². The van der Waals surface area contributed by atoms with Crippen LogP contribution in [0.2, 0.25) is 5.02 Å². The van der Waals surface area contributed by atoms with Crippen molar-refractivity contribution in [3.8, 4) is 0 Å². The number of allylic oxidation sites excluding steroid dienone is 2. The predicted molar refractivity (Wildman–Crippen MR) is 131 cm³/mol. The summed E-state index contributed by atoms with van der Waals surface area (Å²) in [5.74, 6) is 0.759. The number of halogens is 2. The lowest BCUT2D eigenvalue weighted by Crippen LogP contribution is -2.58. The normalized spacial score (nSPS) is 23.1. The van der Waals surface area contributed by atoms with Crippen LogP contribution in [0.4, 0.5) is 4.39 Å². The first-order valence-electron chi connectivity index (χ1n) is 11.3. The monoisotopic (exact) mass is 462 g/mol. The maximum absolute atomic E-state index is 14.1. The minimum absolute atomic E-state index is 0.216. The minimum atomic E-state index is -0.216. The number of amidine groups is 1. The van der Waals surface area contributed by atoms with Gasteiger partial charge in [-0.1, -0.05) is 17.7 Å². The highest BCUT2D eigenvalue weighted by Crippen LogP contribution is 2.24. The number of hydrogen-bond donors (Lipinski definition) is 2. The third-order valence-electron chi connectivity index (χ3n) is 6.37. The number of likely N-dealkylation sites (tertiary alicyclic amines) is 1.